The van der Waals surface area contributed by atoms with E-state index in [-0.39, 0.29) is 59.0 Å². The lowest BCUT2D eigenvalue weighted by molar-refractivity contribution is 0.0389. The molecule has 0 unspecified atom stereocenters. The number of urea groups is 1. The predicted octanol–water partition coefficient (Wildman–Crippen LogP) is 3.08. The van der Waals surface area contributed by atoms with Crippen LogP contribution in [-0.2, 0) is 10.0 Å². The van der Waals surface area contributed by atoms with Gasteiger partial charge in [0.15, 0.2) is 17.3 Å². The monoisotopic (exact) mass is 604 g/mol. The Morgan fingerprint density at radius 1 is 1.14 bits per heavy atom. The number of para-hydroxylation sites is 1. The Balaban J connectivity index is 1.71. The van der Waals surface area contributed by atoms with Gasteiger partial charge in [-0.25, -0.2) is 13.2 Å². The molecular formula is C27H36N6O8S. The number of nitrogens with one attached hydrogen (secondary N) is 2. The van der Waals surface area contributed by atoms with E-state index in [1.807, 2.05) is 6.92 Å². The maximum absolute atomic E-state index is 13.7. The zero-order valence-corrected chi connectivity index (χ0v) is 25.4. The van der Waals surface area contributed by atoms with E-state index in [0.29, 0.717) is 17.1 Å². The summed E-state index contributed by atoms with van der Waals surface area (Å²) in [6.45, 7) is 9.78. The molecule has 0 saturated heterocycles. The van der Waals surface area contributed by atoms with Crippen molar-refractivity contribution in [1.82, 2.24) is 19.5 Å². The number of hydrogen-bond acceptors (Lipinski definition) is 10. The van der Waals surface area contributed by atoms with Crippen molar-refractivity contribution in [2.24, 2.45) is 5.92 Å². The molecule has 3 atom stereocenters. The van der Waals surface area contributed by atoms with Gasteiger partial charge in [-0.1, -0.05) is 23.3 Å². The molecule has 1 aromatic carbocycles. The van der Waals surface area contributed by atoms with Crippen molar-refractivity contribution >= 4 is 33.3 Å². The number of hydrogen-bond donors (Lipinski definition) is 3. The molecule has 3 N–H and O–H groups in total. The highest BCUT2D eigenvalue weighted by molar-refractivity contribution is 7.89. The van der Waals surface area contributed by atoms with Gasteiger partial charge in [-0.3, -0.25) is 4.79 Å². The van der Waals surface area contributed by atoms with Gasteiger partial charge in [-0.05, 0) is 46.8 Å². The maximum atomic E-state index is 13.7. The number of rotatable bonds is 8. The maximum Gasteiger partial charge on any atom is 0.323 e. The number of aliphatic hydroxyl groups is 1. The molecule has 4 rings (SSSR count). The summed E-state index contributed by atoms with van der Waals surface area (Å²) in [4.78, 5) is 28.2. The molecule has 1 aliphatic heterocycles. The van der Waals surface area contributed by atoms with Gasteiger partial charge >= 0.3 is 6.03 Å². The molecule has 3 aromatic rings. The Morgan fingerprint density at radius 3 is 2.40 bits per heavy atom. The first-order valence-corrected chi connectivity index (χ1v) is 14.8. The van der Waals surface area contributed by atoms with Crippen LogP contribution in [0.5, 0.6) is 5.75 Å². The fourth-order valence-electron chi connectivity index (χ4n) is 4.84. The molecule has 0 spiro atoms. The minimum Gasteiger partial charge on any atom is -0.486 e. The van der Waals surface area contributed by atoms with E-state index in [9.17, 15) is 23.1 Å². The molecule has 3 amide bonds. The highest BCUT2D eigenvalue weighted by Gasteiger charge is 2.37. The second-order valence-electron chi connectivity index (χ2n) is 10.5. The molecule has 15 heteroatoms. The summed E-state index contributed by atoms with van der Waals surface area (Å²) in [5, 5.41) is 22.9. The summed E-state index contributed by atoms with van der Waals surface area (Å²) in [5.41, 5.74) is 1.47. The van der Waals surface area contributed by atoms with E-state index in [4.69, 9.17) is 13.8 Å². The molecule has 14 nitrogen and oxygen atoms in total. The van der Waals surface area contributed by atoms with Crippen LogP contribution >= 0.6 is 0 Å². The van der Waals surface area contributed by atoms with Crippen LogP contribution in [0.15, 0.2) is 32.1 Å². The van der Waals surface area contributed by atoms with E-state index < -0.39 is 34.1 Å². The number of ether oxygens (including phenoxy) is 1. The van der Waals surface area contributed by atoms with Gasteiger partial charge in [0.1, 0.15) is 28.1 Å². The number of likely N-dealkylation sites (N-methyl/N-ethyl adjacent to an activating group) is 1. The number of aliphatic hydroxyl groups excluding tert-OH is 1. The second-order valence-corrected chi connectivity index (χ2v) is 12.5. The first-order chi connectivity index (χ1) is 19.8. The van der Waals surface area contributed by atoms with Crippen molar-refractivity contribution in [3.05, 3.63) is 46.7 Å². The standard InChI is InChI=1S/C27H36N6O8S/c1-14-11-33(15(2)13-34)26(35)20-9-8-10-21(28-27(36)29-23-16(3)30-40-18(23)5)24(20)39-22(14)12-32(7)42(37,38)25-17(4)31-41-19(25)6/h8-10,14-15,22,34H,11-13H2,1-7H3,(H2,28,29,36)/t14-,15+,22+/m0/s1. The van der Waals surface area contributed by atoms with E-state index in [2.05, 4.69) is 20.9 Å². The minimum atomic E-state index is -4.01. The molecule has 3 heterocycles. The number of nitrogens with zero attached hydrogens (tertiary/aromatic N) is 4. The van der Waals surface area contributed by atoms with Crippen molar-refractivity contribution in [3.8, 4) is 5.75 Å². The van der Waals surface area contributed by atoms with Crippen molar-refractivity contribution in [2.75, 3.05) is 37.4 Å². The Morgan fingerprint density at radius 2 is 1.81 bits per heavy atom. The topological polar surface area (TPSA) is 180 Å². The lowest BCUT2D eigenvalue weighted by atomic mass is 9.99. The quantitative estimate of drug-likeness (QED) is 0.346. The van der Waals surface area contributed by atoms with Gasteiger partial charge in [0, 0.05) is 19.5 Å². The molecule has 0 radical (unpaired) electrons. The highest BCUT2D eigenvalue weighted by Crippen LogP contribution is 2.36. The molecule has 228 valence electrons. The summed E-state index contributed by atoms with van der Waals surface area (Å²) >= 11 is 0. The summed E-state index contributed by atoms with van der Waals surface area (Å²) in [5.74, 6) is -0.125. The Kier molecular flexibility index (Phi) is 8.94. The number of anilines is 2. The van der Waals surface area contributed by atoms with Crippen LogP contribution in [-0.4, -0.2) is 83.9 Å². The van der Waals surface area contributed by atoms with Crippen molar-refractivity contribution in [2.45, 2.75) is 58.6 Å². The smallest absolute Gasteiger partial charge is 0.323 e. The summed E-state index contributed by atoms with van der Waals surface area (Å²) < 4.78 is 44.8. The summed E-state index contributed by atoms with van der Waals surface area (Å²) in [6.07, 6.45) is -0.765. The third-order valence-electron chi connectivity index (χ3n) is 7.28. The van der Waals surface area contributed by atoms with Crippen LogP contribution in [0.2, 0.25) is 0 Å². The van der Waals surface area contributed by atoms with Gasteiger partial charge in [-0.2, -0.15) is 4.31 Å². The van der Waals surface area contributed by atoms with Gasteiger partial charge in [0.05, 0.1) is 30.4 Å². The highest BCUT2D eigenvalue weighted by atomic mass is 32.2. The number of aromatic nitrogens is 2. The van der Waals surface area contributed by atoms with Crippen molar-refractivity contribution in [3.63, 3.8) is 0 Å². The van der Waals surface area contributed by atoms with Crippen molar-refractivity contribution in [1.29, 1.82) is 0 Å². The average Bonchev–Trinajstić information content (AvgIpc) is 3.45. The van der Waals surface area contributed by atoms with Crippen LogP contribution in [0.3, 0.4) is 0 Å². The normalized spacial score (nSPS) is 18.2. The SMILES string of the molecule is Cc1noc(C)c1NC(=O)Nc1cccc2c1O[C@H](CN(C)S(=O)(=O)c1c(C)noc1C)[C@@H](C)CN([C@H](C)CO)C2=O. The number of benzene rings is 1. The van der Waals surface area contributed by atoms with E-state index in [0.717, 1.165) is 4.31 Å². The van der Waals surface area contributed by atoms with E-state index in [1.54, 1.807) is 45.9 Å². The van der Waals surface area contributed by atoms with E-state index in [1.165, 1.54) is 18.9 Å². The van der Waals surface area contributed by atoms with Crippen molar-refractivity contribution < 1.29 is 36.9 Å². The van der Waals surface area contributed by atoms with Gasteiger partial charge in [-0.15, -0.1) is 0 Å². The van der Waals surface area contributed by atoms with Crippen LogP contribution in [0.25, 0.3) is 0 Å². The van der Waals surface area contributed by atoms with Crippen LogP contribution < -0.4 is 15.4 Å². The van der Waals surface area contributed by atoms with Gasteiger partial charge in [0.2, 0.25) is 10.0 Å². The molecular weight excluding hydrogens is 568 g/mol. The fraction of sp³-hybridized carbons (Fsp3) is 0.481. The van der Waals surface area contributed by atoms with Crippen LogP contribution in [0.1, 0.15) is 47.1 Å². The largest absolute Gasteiger partial charge is 0.486 e. The number of fused-ring (bicyclic) bond motifs is 1. The second kappa shape index (κ2) is 12.1. The zero-order valence-electron chi connectivity index (χ0n) is 24.6. The van der Waals surface area contributed by atoms with Gasteiger partial charge in [0.25, 0.3) is 5.91 Å². The first-order valence-electron chi connectivity index (χ1n) is 13.4. The summed E-state index contributed by atoms with van der Waals surface area (Å²) in [7, 11) is -2.58. The lowest BCUT2D eigenvalue weighted by Crippen LogP contribution is -2.50. The fourth-order valence-corrected chi connectivity index (χ4v) is 6.30. The van der Waals surface area contributed by atoms with Crippen LogP contribution in [0.4, 0.5) is 16.2 Å². The third kappa shape index (κ3) is 5.98. The molecule has 2 aromatic heterocycles. The van der Waals surface area contributed by atoms with Crippen LogP contribution in [0, 0.1) is 33.6 Å². The first kappa shape index (κ1) is 31.0. The number of sulfonamides is 1. The number of aryl methyl sites for hydroxylation is 4. The predicted molar refractivity (Wildman–Crippen MR) is 152 cm³/mol. The average molecular weight is 605 g/mol. The van der Waals surface area contributed by atoms with E-state index >= 15 is 0 Å². The number of carbonyl (C=O) groups excluding carboxylic acids is 2. The Hall–Kier alpha value is -3.95. The number of carbonyl (C=O) groups is 2. The molecule has 1 aliphatic rings. The molecule has 0 aliphatic carbocycles. The zero-order chi connectivity index (χ0) is 30.9. The molecule has 0 bridgehead atoms. The third-order valence-corrected chi connectivity index (χ3v) is 9.35. The number of amides is 3. The molecule has 0 saturated carbocycles. The summed E-state index contributed by atoms with van der Waals surface area (Å²) in [6, 6.07) is 3.58. The Labute approximate surface area is 244 Å². The van der Waals surface area contributed by atoms with Gasteiger partial charge < -0.3 is 34.4 Å². The molecule has 0 fully saturated rings. The minimum absolute atomic E-state index is 0.0204. The Bertz CT molecular complexity index is 1540. The lowest BCUT2D eigenvalue weighted by Gasteiger charge is -2.38. The molecule has 42 heavy (non-hydrogen) atoms.